The summed E-state index contributed by atoms with van der Waals surface area (Å²) in [6, 6.07) is 0. The van der Waals surface area contributed by atoms with Gasteiger partial charge < -0.3 is 0 Å². The third-order valence-electron chi connectivity index (χ3n) is 3.09. The minimum Gasteiger partial charge on any atom is -0.228 e. The van der Waals surface area contributed by atoms with Gasteiger partial charge in [-0.25, -0.2) is 8.42 Å². The molecule has 4 atom stereocenters. The van der Waals surface area contributed by atoms with Gasteiger partial charge in [-0.15, -0.1) is 23.2 Å². The molecule has 0 radical (unpaired) electrons. The van der Waals surface area contributed by atoms with Crippen LogP contribution in [-0.2, 0) is 9.84 Å². The standard InChI is InChI=1S/C8H12Cl2O2S/c9-7-5-3-1-2-4-6(8(7)10)13(5,11)12/h5-8H,1-4H2/t5-,6+,7-,8+. The quantitative estimate of drug-likeness (QED) is 0.609. The van der Waals surface area contributed by atoms with Crippen LogP contribution in [0, 0.1) is 0 Å². The van der Waals surface area contributed by atoms with E-state index < -0.39 is 9.84 Å². The molecule has 0 N–H and O–H groups in total. The summed E-state index contributed by atoms with van der Waals surface area (Å²) in [6.45, 7) is 0. The SMILES string of the molecule is O=S1(=O)[C@@H]2CCCC[C@H]1[C@H](Cl)[C@@H]2Cl. The topological polar surface area (TPSA) is 34.1 Å². The van der Waals surface area contributed by atoms with E-state index >= 15 is 0 Å². The van der Waals surface area contributed by atoms with Gasteiger partial charge in [-0.1, -0.05) is 12.8 Å². The third-order valence-corrected chi connectivity index (χ3v) is 7.41. The Labute approximate surface area is 88.5 Å². The van der Waals surface area contributed by atoms with Gasteiger partial charge in [0.2, 0.25) is 0 Å². The summed E-state index contributed by atoms with van der Waals surface area (Å²) in [5, 5.41) is -1.53. The Hall–Kier alpha value is 0.530. The lowest BCUT2D eigenvalue weighted by atomic mass is 10.0. The van der Waals surface area contributed by atoms with Crippen LogP contribution in [0.4, 0.5) is 0 Å². The van der Waals surface area contributed by atoms with E-state index in [2.05, 4.69) is 0 Å². The molecule has 2 heterocycles. The largest absolute Gasteiger partial charge is 0.228 e. The molecular formula is C8H12Cl2O2S. The number of rotatable bonds is 0. The Bertz CT molecular complexity index is 277. The van der Waals surface area contributed by atoms with Gasteiger partial charge >= 0.3 is 0 Å². The van der Waals surface area contributed by atoms with Crippen LogP contribution >= 0.6 is 23.2 Å². The molecule has 0 aromatic rings. The second-order valence-electron chi connectivity index (χ2n) is 3.84. The fourth-order valence-electron chi connectivity index (χ4n) is 2.34. The molecule has 0 spiro atoms. The zero-order valence-corrected chi connectivity index (χ0v) is 9.45. The minimum absolute atomic E-state index is 0.378. The van der Waals surface area contributed by atoms with E-state index in [-0.39, 0.29) is 21.3 Å². The third kappa shape index (κ3) is 1.40. The van der Waals surface area contributed by atoms with Crippen molar-refractivity contribution in [1.82, 2.24) is 0 Å². The van der Waals surface area contributed by atoms with Gasteiger partial charge in [0.25, 0.3) is 0 Å². The fraction of sp³-hybridized carbons (Fsp3) is 1.00. The first-order valence-electron chi connectivity index (χ1n) is 4.56. The van der Waals surface area contributed by atoms with E-state index in [1.807, 2.05) is 0 Å². The van der Waals surface area contributed by atoms with Gasteiger partial charge in [-0.05, 0) is 12.8 Å². The number of sulfone groups is 1. The van der Waals surface area contributed by atoms with Gasteiger partial charge in [0.15, 0.2) is 9.84 Å². The van der Waals surface area contributed by atoms with E-state index in [1.165, 1.54) is 0 Å². The van der Waals surface area contributed by atoms with Crippen LogP contribution in [0.3, 0.4) is 0 Å². The molecule has 2 fully saturated rings. The second-order valence-corrected chi connectivity index (χ2v) is 7.24. The van der Waals surface area contributed by atoms with E-state index in [0.29, 0.717) is 12.8 Å². The Kier molecular flexibility index (Phi) is 2.54. The zero-order valence-electron chi connectivity index (χ0n) is 7.12. The first-order valence-corrected chi connectivity index (χ1v) is 7.04. The first-order chi connectivity index (χ1) is 6.05. The summed E-state index contributed by atoms with van der Waals surface area (Å²) >= 11 is 12.0. The number of hydrogen-bond donors (Lipinski definition) is 0. The first kappa shape index (κ1) is 10.1. The molecule has 0 unspecified atom stereocenters. The molecule has 13 heavy (non-hydrogen) atoms. The zero-order chi connectivity index (χ0) is 9.64. The van der Waals surface area contributed by atoms with Gasteiger partial charge in [0.1, 0.15) is 0 Å². The van der Waals surface area contributed by atoms with E-state index in [4.69, 9.17) is 23.2 Å². The van der Waals surface area contributed by atoms with Crippen LogP contribution in [0.5, 0.6) is 0 Å². The fourth-order valence-corrected chi connectivity index (χ4v) is 6.47. The monoisotopic (exact) mass is 242 g/mol. The van der Waals surface area contributed by atoms with E-state index in [0.717, 1.165) is 12.8 Å². The lowest BCUT2D eigenvalue weighted by molar-refractivity contribution is 0.565. The van der Waals surface area contributed by atoms with Crippen molar-refractivity contribution in [1.29, 1.82) is 0 Å². The highest BCUT2D eigenvalue weighted by atomic mass is 35.5. The van der Waals surface area contributed by atoms with Crippen LogP contribution < -0.4 is 0 Å². The van der Waals surface area contributed by atoms with Gasteiger partial charge in [0.05, 0.1) is 21.3 Å². The van der Waals surface area contributed by atoms with Crippen LogP contribution in [0.15, 0.2) is 0 Å². The maximum absolute atomic E-state index is 11.8. The summed E-state index contributed by atoms with van der Waals surface area (Å²) in [7, 11) is -3.03. The number of halogens is 2. The molecule has 2 saturated heterocycles. The highest BCUT2D eigenvalue weighted by molar-refractivity contribution is 7.93. The molecular weight excluding hydrogens is 231 g/mol. The second kappa shape index (κ2) is 3.28. The van der Waals surface area contributed by atoms with Crippen LogP contribution in [-0.4, -0.2) is 29.7 Å². The predicted octanol–water partition coefficient (Wildman–Crippen LogP) is 1.94. The molecule has 0 amide bonds. The smallest absolute Gasteiger partial charge is 0.159 e. The molecule has 76 valence electrons. The molecule has 2 aliphatic rings. The highest BCUT2D eigenvalue weighted by Crippen LogP contribution is 2.42. The van der Waals surface area contributed by atoms with Crippen LogP contribution in [0.2, 0.25) is 0 Å². The van der Waals surface area contributed by atoms with Gasteiger partial charge in [-0.2, -0.15) is 0 Å². The van der Waals surface area contributed by atoms with Gasteiger partial charge in [0, 0.05) is 0 Å². The van der Waals surface area contributed by atoms with Crippen LogP contribution in [0.1, 0.15) is 25.7 Å². The molecule has 0 saturated carbocycles. The Morgan fingerprint density at radius 1 is 0.923 bits per heavy atom. The van der Waals surface area contributed by atoms with E-state index in [9.17, 15) is 8.42 Å². The lowest BCUT2D eigenvalue weighted by Gasteiger charge is -2.14. The highest BCUT2D eigenvalue weighted by Gasteiger charge is 2.53. The van der Waals surface area contributed by atoms with Crippen molar-refractivity contribution in [2.24, 2.45) is 0 Å². The Morgan fingerprint density at radius 3 is 1.69 bits per heavy atom. The summed E-state index contributed by atoms with van der Waals surface area (Å²) in [4.78, 5) is 0. The summed E-state index contributed by atoms with van der Waals surface area (Å²) in [5.41, 5.74) is 0. The number of hydrogen-bond acceptors (Lipinski definition) is 2. The molecule has 2 nitrogen and oxygen atoms in total. The molecule has 5 heteroatoms. The van der Waals surface area contributed by atoms with E-state index in [1.54, 1.807) is 0 Å². The minimum atomic E-state index is -3.03. The van der Waals surface area contributed by atoms with Crippen molar-refractivity contribution in [3.8, 4) is 0 Å². The Morgan fingerprint density at radius 2 is 1.31 bits per heavy atom. The molecule has 0 aromatic heterocycles. The van der Waals surface area contributed by atoms with Crippen LogP contribution in [0.25, 0.3) is 0 Å². The van der Waals surface area contributed by atoms with Crippen molar-refractivity contribution in [3.63, 3.8) is 0 Å². The molecule has 2 rings (SSSR count). The predicted molar refractivity (Wildman–Crippen MR) is 54.2 cm³/mol. The van der Waals surface area contributed by atoms with Crippen molar-refractivity contribution >= 4 is 33.0 Å². The Balaban J connectivity index is 2.42. The number of fused-ring (bicyclic) bond motifs is 2. The summed E-state index contributed by atoms with van der Waals surface area (Å²) in [6.07, 6.45) is 3.31. The van der Waals surface area contributed by atoms with Crippen molar-refractivity contribution in [2.45, 2.75) is 46.9 Å². The summed E-state index contributed by atoms with van der Waals surface area (Å²) in [5.74, 6) is 0. The van der Waals surface area contributed by atoms with Gasteiger partial charge in [-0.3, -0.25) is 0 Å². The van der Waals surface area contributed by atoms with Crippen molar-refractivity contribution in [2.75, 3.05) is 0 Å². The lowest BCUT2D eigenvalue weighted by Crippen LogP contribution is -2.24. The molecule has 0 aromatic carbocycles. The average Bonchev–Trinajstić information content (AvgIpc) is 2.23. The molecule has 0 aliphatic carbocycles. The molecule has 2 aliphatic heterocycles. The average molecular weight is 243 g/mol. The maximum Gasteiger partial charge on any atom is 0.159 e. The summed E-state index contributed by atoms with van der Waals surface area (Å²) < 4.78 is 23.7. The maximum atomic E-state index is 11.8. The molecule has 2 bridgehead atoms. The van der Waals surface area contributed by atoms with Crippen molar-refractivity contribution < 1.29 is 8.42 Å². The normalized spacial score (nSPS) is 48.8. The van der Waals surface area contributed by atoms with Crippen molar-refractivity contribution in [3.05, 3.63) is 0 Å². The number of alkyl halides is 2.